The van der Waals surface area contributed by atoms with E-state index in [1.165, 1.54) is 27.2 Å². The summed E-state index contributed by atoms with van der Waals surface area (Å²) in [6.07, 6.45) is 6.05. The van der Waals surface area contributed by atoms with Crippen LogP contribution in [0.3, 0.4) is 0 Å². The van der Waals surface area contributed by atoms with E-state index in [4.69, 9.17) is 23.9 Å². The average molecular weight is 847 g/mol. The van der Waals surface area contributed by atoms with E-state index >= 15 is 0 Å². The van der Waals surface area contributed by atoms with Crippen LogP contribution in [0.2, 0.25) is 0 Å². The number of fused-ring (bicyclic) bond motifs is 13. The molecular weight excluding hydrogens is 785 g/mol. The number of methoxy groups -OCH3 is 1. The molecule has 1 saturated heterocycles. The number of nitrogens with zero attached hydrogens (tertiary/aromatic N) is 3. The van der Waals surface area contributed by atoms with E-state index in [1.54, 1.807) is 65.8 Å². The highest BCUT2D eigenvalue weighted by Gasteiger charge is 2.51. The fourth-order valence-electron chi connectivity index (χ4n) is 9.21. The molecule has 2 aromatic rings. The molecule has 2 aromatic carbocycles. The zero-order chi connectivity index (χ0) is 44.9. The third kappa shape index (κ3) is 8.29. The number of benzene rings is 2. The highest BCUT2D eigenvalue weighted by Crippen LogP contribution is 2.51. The number of aliphatic hydroxyl groups excluding tert-OH is 2. The number of ketones is 1. The maximum Gasteiger partial charge on any atom is 0.312 e. The Labute approximate surface area is 356 Å². The Bertz CT molecular complexity index is 2300. The third-order valence-electron chi connectivity index (χ3n) is 13.4. The molecule has 1 amide bonds. The number of ether oxygens (including phenoxy) is 4. The minimum atomic E-state index is -1.95. The minimum Gasteiger partial charge on any atom is -0.507 e. The van der Waals surface area contributed by atoms with Gasteiger partial charge < -0.3 is 49.6 Å². The van der Waals surface area contributed by atoms with Gasteiger partial charge in [0.2, 0.25) is 0 Å². The molecule has 1 fully saturated rings. The van der Waals surface area contributed by atoms with Gasteiger partial charge in [0.25, 0.3) is 11.7 Å². The normalized spacial score (nSPS) is 31.2. The maximum atomic E-state index is 14.7. The van der Waals surface area contributed by atoms with Crippen LogP contribution in [-0.4, -0.2) is 105 Å². The van der Waals surface area contributed by atoms with Crippen LogP contribution in [-0.2, 0) is 23.8 Å². The number of carbonyl (C=O) groups is 3. The summed E-state index contributed by atoms with van der Waals surface area (Å²) in [6, 6.07) is 0.359. The van der Waals surface area contributed by atoms with E-state index in [0.29, 0.717) is 24.6 Å². The van der Waals surface area contributed by atoms with Gasteiger partial charge in [0.15, 0.2) is 5.75 Å². The molecule has 5 heterocycles. The summed E-state index contributed by atoms with van der Waals surface area (Å²) in [5.41, 5.74) is -0.115. The summed E-state index contributed by atoms with van der Waals surface area (Å²) in [5, 5.41) is 50.6. The Balaban J connectivity index is 1.56. The van der Waals surface area contributed by atoms with E-state index in [0.717, 1.165) is 19.5 Å². The molecule has 15 heteroatoms. The number of nitrogens with one attached hydrogen (secondary N) is 1. The van der Waals surface area contributed by atoms with E-state index in [-0.39, 0.29) is 49.7 Å². The van der Waals surface area contributed by atoms with Crippen molar-refractivity contribution >= 4 is 34.1 Å². The predicted molar refractivity (Wildman–Crippen MR) is 228 cm³/mol. The zero-order valence-corrected chi connectivity index (χ0v) is 37.1. The molecule has 1 unspecified atom stereocenters. The van der Waals surface area contributed by atoms with Crippen LogP contribution in [0.25, 0.3) is 10.8 Å². The summed E-state index contributed by atoms with van der Waals surface area (Å²) in [5.74, 6) is -7.03. The fourth-order valence-corrected chi connectivity index (χ4v) is 9.21. The molecule has 5 bridgehead atoms. The Hall–Kier alpha value is -4.83. The minimum absolute atomic E-state index is 0.0536. The summed E-state index contributed by atoms with van der Waals surface area (Å²) in [7, 11) is 1.47. The number of allylic oxidation sites excluding steroid dienone is 2. The number of Topliss-reactive ketones (excluding diaryl/α,β-unsaturated/α-hetero) is 1. The van der Waals surface area contributed by atoms with Gasteiger partial charge in [-0.15, -0.1) is 0 Å². The number of aromatic hydroxyl groups is 2. The van der Waals surface area contributed by atoms with Gasteiger partial charge in [-0.25, -0.2) is 4.99 Å². The zero-order valence-electron chi connectivity index (χ0n) is 37.1. The number of phenols is 2. The first-order valence-corrected chi connectivity index (χ1v) is 21.3. The molecule has 1 spiro atoms. The summed E-state index contributed by atoms with van der Waals surface area (Å²) < 4.78 is 24.0. The monoisotopic (exact) mass is 846 g/mol. The van der Waals surface area contributed by atoms with Crippen LogP contribution in [0.5, 0.6) is 17.2 Å². The fraction of sp³-hybridized carbons (Fsp3) is 0.587. The van der Waals surface area contributed by atoms with Crippen LogP contribution in [0.15, 0.2) is 46.1 Å². The van der Waals surface area contributed by atoms with E-state index in [1.807, 2.05) is 0 Å². The van der Waals surface area contributed by atoms with Crippen molar-refractivity contribution in [2.45, 2.75) is 130 Å². The Morgan fingerprint density at radius 2 is 1.67 bits per heavy atom. The number of esters is 1. The standard InChI is InChI=1S/C46H62N4O11/c1-12-24(4)50-19-17-46(18-20-50)48-34-31-32-39(54)28(8)42-33(31)43(56)45(10,61-42)59-21-16-30(58-11)25(5)41(60-29(9)51)27(7)38(53)26(6)37(52)22(2)14-13-15-23(3)44(57)47-36(40(32)55)35(34)49-46/h13-16,21-22,24-27,30,37-38,41,48,52-55H,12,17-20H2,1-11H3/t22-,24?,25+,26+,27+,30-,37-,38+,41+,45-/m0/s1. The molecule has 0 aliphatic carbocycles. The molecule has 15 nitrogen and oxygen atoms in total. The number of phenolic OH excluding ortho intramolecular Hbond substituents is 2. The molecule has 0 aromatic heterocycles. The molecule has 0 saturated carbocycles. The van der Waals surface area contributed by atoms with E-state index in [2.05, 4.69) is 29.1 Å². The highest BCUT2D eigenvalue weighted by atomic mass is 16.7. The van der Waals surface area contributed by atoms with Crippen molar-refractivity contribution in [3.63, 3.8) is 0 Å². The van der Waals surface area contributed by atoms with Crippen molar-refractivity contribution in [3.05, 3.63) is 58.0 Å². The van der Waals surface area contributed by atoms with E-state index < -0.39 is 82.9 Å². The molecule has 10 atom stereocenters. The average Bonchev–Trinajstić information content (AvgIpc) is 3.73. The maximum absolute atomic E-state index is 14.7. The van der Waals surface area contributed by atoms with Gasteiger partial charge in [-0.05, 0) is 33.3 Å². The number of amides is 1. The Kier molecular flexibility index (Phi) is 13.1. The Morgan fingerprint density at radius 1 is 1.00 bits per heavy atom. The van der Waals surface area contributed by atoms with Crippen LogP contribution >= 0.6 is 0 Å². The molecule has 5 aliphatic rings. The first-order chi connectivity index (χ1) is 28.7. The second-order valence-corrected chi connectivity index (χ2v) is 17.6. The second kappa shape index (κ2) is 17.5. The molecule has 5 N–H and O–H groups in total. The SMILES string of the molecule is CCC(C)N1CCC2(CC1)N=c1c(c3c4c5c(C)c(O)c3c(O)c1=NC(=O)C(C)=CC=C[C@H](C)[C@H](O)[C@@H](C)[C@@H](O)[C@@H](C)[C@H](OC(C)=O)[C@H](C)[C@@H](OC)C=CO[C@@](C)(O5)C4=O)N2. The van der Waals surface area contributed by atoms with Crippen LogP contribution < -0.4 is 20.8 Å². The lowest BCUT2D eigenvalue weighted by Gasteiger charge is -2.40. The summed E-state index contributed by atoms with van der Waals surface area (Å²) >= 11 is 0. The van der Waals surface area contributed by atoms with Gasteiger partial charge in [0, 0.05) is 93.1 Å². The first kappa shape index (κ1) is 45.7. The number of hydrogen-bond acceptors (Lipinski definition) is 14. The molecule has 332 valence electrons. The number of anilines is 1. The largest absolute Gasteiger partial charge is 0.507 e. The van der Waals surface area contributed by atoms with Gasteiger partial charge in [0.05, 0.1) is 41.2 Å². The Morgan fingerprint density at radius 3 is 2.30 bits per heavy atom. The number of piperidine rings is 1. The van der Waals surface area contributed by atoms with Crippen molar-refractivity contribution in [1.29, 1.82) is 0 Å². The van der Waals surface area contributed by atoms with Crippen molar-refractivity contribution < 1.29 is 53.8 Å². The topological polar surface area (TPSA) is 209 Å². The van der Waals surface area contributed by atoms with Crippen molar-refractivity contribution in [3.8, 4) is 17.2 Å². The van der Waals surface area contributed by atoms with Gasteiger partial charge in [-0.3, -0.25) is 19.4 Å². The number of likely N-dealkylation sites (tertiary alicyclic amines) is 1. The van der Waals surface area contributed by atoms with E-state index in [9.17, 15) is 34.8 Å². The first-order valence-electron chi connectivity index (χ1n) is 21.3. The van der Waals surface area contributed by atoms with Gasteiger partial charge in [0.1, 0.15) is 34.0 Å². The lowest BCUT2D eigenvalue weighted by Crippen LogP contribution is -2.49. The molecule has 61 heavy (non-hydrogen) atoms. The molecular formula is C46H62N4O11. The predicted octanol–water partition coefficient (Wildman–Crippen LogP) is 4.89. The lowest BCUT2D eigenvalue weighted by atomic mass is 9.78. The highest BCUT2D eigenvalue weighted by molar-refractivity contribution is 6.21. The van der Waals surface area contributed by atoms with Gasteiger partial charge in [-0.2, -0.15) is 0 Å². The number of hydrogen-bond donors (Lipinski definition) is 5. The molecule has 7 rings (SSSR count). The number of carbonyl (C=O) groups excluding carboxylic acids is 3. The summed E-state index contributed by atoms with van der Waals surface area (Å²) in [6.45, 7) is 18.6. The quantitative estimate of drug-likeness (QED) is 0.205. The molecule has 0 radical (unpaired) electrons. The number of rotatable bonds is 4. The third-order valence-corrected chi connectivity index (χ3v) is 13.4. The van der Waals surface area contributed by atoms with Crippen molar-refractivity contribution in [2.24, 2.45) is 33.7 Å². The summed E-state index contributed by atoms with van der Waals surface area (Å²) in [4.78, 5) is 52.9. The van der Waals surface area contributed by atoms with Crippen molar-refractivity contribution in [1.82, 2.24) is 4.90 Å². The van der Waals surface area contributed by atoms with Crippen molar-refractivity contribution in [2.75, 3.05) is 25.5 Å². The second-order valence-electron chi connectivity index (χ2n) is 17.6. The smallest absolute Gasteiger partial charge is 0.312 e. The van der Waals surface area contributed by atoms with Crippen LogP contribution in [0.4, 0.5) is 5.69 Å². The van der Waals surface area contributed by atoms with Crippen LogP contribution in [0.1, 0.15) is 97.5 Å². The lowest BCUT2D eigenvalue weighted by molar-refractivity contribution is -0.160. The van der Waals surface area contributed by atoms with Gasteiger partial charge in [-0.1, -0.05) is 52.8 Å². The van der Waals surface area contributed by atoms with Crippen LogP contribution in [0, 0.1) is 30.6 Å². The molecule has 5 aliphatic heterocycles. The van der Waals surface area contributed by atoms with Gasteiger partial charge >= 0.3 is 11.8 Å². The number of aliphatic hydroxyl groups is 2.